The third kappa shape index (κ3) is 6.66. The van der Waals surface area contributed by atoms with Crippen LogP contribution in [0.15, 0.2) is 249 Å². The van der Waals surface area contributed by atoms with E-state index in [-0.39, 0.29) is 0 Å². The van der Waals surface area contributed by atoms with Crippen molar-refractivity contribution >= 4 is 80.2 Å². The Hall–Kier alpha value is -5.86. The Balaban J connectivity index is 1.22. The van der Waals surface area contributed by atoms with Crippen molar-refractivity contribution in [1.82, 2.24) is 0 Å². The van der Waals surface area contributed by atoms with Gasteiger partial charge in [0, 0.05) is 3.57 Å². The second-order valence-corrected chi connectivity index (χ2v) is 23.2. The van der Waals surface area contributed by atoms with E-state index in [1.165, 1.54) is 67.3 Å². The van der Waals surface area contributed by atoms with Gasteiger partial charge in [0.1, 0.15) is 0 Å². The topological polar surface area (TPSA) is 0 Å². The molecule has 0 nitrogen and oxygen atoms in total. The second-order valence-electron chi connectivity index (χ2n) is 14.5. The highest BCUT2D eigenvalue weighted by Crippen LogP contribution is 2.33. The molecule has 0 aliphatic rings. The molecule has 0 aliphatic heterocycles. The minimum Gasteiger partial charge on any atom is -0.0623 e. The van der Waals surface area contributed by atoms with E-state index >= 15 is 0 Å². The summed E-state index contributed by atoms with van der Waals surface area (Å²) in [5.41, 5.74) is 4.96. The van der Waals surface area contributed by atoms with E-state index < -0.39 is 16.1 Å². The summed E-state index contributed by atoms with van der Waals surface area (Å²) in [5.74, 6) is 0. The molecule has 57 heavy (non-hydrogen) atoms. The van der Waals surface area contributed by atoms with E-state index in [4.69, 9.17) is 0 Å². The maximum Gasteiger partial charge on any atom is 0.179 e. The van der Waals surface area contributed by atoms with Gasteiger partial charge in [0.15, 0.2) is 16.1 Å². The van der Waals surface area contributed by atoms with E-state index in [1.54, 1.807) is 0 Å². The highest BCUT2D eigenvalue weighted by atomic mass is 127. The molecule has 0 aromatic heterocycles. The lowest BCUT2D eigenvalue weighted by molar-refractivity contribution is 1.56. The number of hydrogen-bond acceptors (Lipinski definition) is 0. The minimum absolute atomic E-state index is 1.23. The van der Waals surface area contributed by atoms with Crippen molar-refractivity contribution in [1.29, 1.82) is 0 Å². The second kappa shape index (κ2) is 16.3. The summed E-state index contributed by atoms with van der Waals surface area (Å²) in [7, 11) is -5.36. The zero-order valence-electron chi connectivity index (χ0n) is 31.5. The standard InChI is InChI=1S/C54H41ISi2/c55-54-52(42-22-19-36-50(40-42)56(44-24-7-1-8-25-44,45-26-9-2-10-27-45)46-28-11-3-12-29-46)38-21-39-53(54)43-23-20-37-51(41-43)57(47-30-13-4-14-31-47,48-32-15-5-16-33-48)49-34-17-6-18-35-49/h1-41H. The minimum atomic E-state index is -2.68. The summed E-state index contributed by atoms with van der Waals surface area (Å²) in [6, 6.07) is 92.7. The molecule has 0 bridgehead atoms. The average molecular weight is 873 g/mol. The smallest absolute Gasteiger partial charge is 0.0623 e. The molecule has 0 spiro atoms. The highest BCUT2D eigenvalue weighted by Gasteiger charge is 2.42. The van der Waals surface area contributed by atoms with Gasteiger partial charge in [-0.05, 0) is 86.3 Å². The van der Waals surface area contributed by atoms with Gasteiger partial charge in [0.05, 0.1) is 0 Å². The van der Waals surface area contributed by atoms with Crippen molar-refractivity contribution in [2.24, 2.45) is 0 Å². The van der Waals surface area contributed by atoms with E-state index in [2.05, 4.69) is 271 Å². The molecule has 272 valence electrons. The van der Waals surface area contributed by atoms with E-state index in [0.717, 1.165) is 0 Å². The summed E-state index contributed by atoms with van der Waals surface area (Å²) in [6.45, 7) is 0. The van der Waals surface area contributed by atoms with Crippen LogP contribution in [0.25, 0.3) is 22.3 Å². The monoisotopic (exact) mass is 872 g/mol. The lowest BCUT2D eigenvalue weighted by Crippen LogP contribution is -2.74. The summed E-state index contributed by atoms with van der Waals surface area (Å²) in [6.07, 6.45) is 0. The maximum atomic E-state index is 2.61. The van der Waals surface area contributed by atoms with Gasteiger partial charge in [-0.1, -0.05) is 249 Å². The predicted octanol–water partition coefficient (Wildman–Crippen LogP) is 8.38. The first-order valence-electron chi connectivity index (χ1n) is 19.5. The van der Waals surface area contributed by atoms with Crippen molar-refractivity contribution in [3.63, 3.8) is 0 Å². The Morgan fingerprint density at radius 2 is 0.456 bits per heavy atom. The van der Waals surface area contributed by atoms with Crippen LogP contribution in [0.4, 0.5) is 0 Å². The van der Waals surface area contributed by atoms with Crippen LogP contribution in [0.5, 0.6) is 0 Å². The molecule has 0 N–H and O–H groups in total. The summed E-state index contributed by atoms with van der Waals surface area (Å²) < 4.78 is 1.25. The van der Waals surface area contributed by atoms with Gasteiger partial charge in [-0.2, -0.15) is 0 Å². The quantitative estimate of drug-likeness (QED) is 0.0737. The van der Waals surface area contributed by atoms with Gasteiger partial charge < -0.3 is 0 Å². The molecule has 0 aliphatic carbocycles. The van der Waals surface area contributed by atoms with E-state index in [1.807, 2.05) is 0 Å². The molecule has 3 heteroatoms. The van der Waals surface area contributed by atoms with Gasteiger partial charge in [-0.25, -0.2) is 0 Å². The molecule has 0 radical (unpaired) electrons. The van der Waals surface area contributed by atoms with Gasteiger partial charge in [0.2, 0.25) is 0 Å². The Morgan fingerprint density at radius 3 is 0.719 bits per heavy atom. The van der Waals surface area contributed by atoms with Gasteiger partial charge in [-0.15, -0.1) is 0 Å². The first-order valence-corrected chi connectivity index (χ1v) is 24.6. The zero-order chi connectivity index (χ0) is 38.5. The summed E-state index contributed by atoms with van der Waals surface area (Å²) in [5, 5.41) is 11.0. The Morgan fingerprint density at radius 1 is 0.228 bits per heavy atom. The highest BCUT2D eigenvalue weighted by molar-refractivity contribution is 14.1. The van der Waals surface area contributed by atoms with Crippen LogP contribution in [-0.2, 0) is 0 Å². The zero-order valence-corrected chi connectivity index (χ0v) is 35.7. The Labute approximate surface area is 352 Å². The van der Waals surface area contributed by atoms with E-state index in [9.17, 15) is 0 Å². The largest absolute Gasteiger partial charge is 0.179 e. The molecule has 0 fully saturated rings. The number of halogens is 1. The third-order valence-corrected chi connectivity index (χ3v) is 22.2. The number of hydrogen-bond donors (Lipinski definition) is 0. The van der Waals surface area contributed by atoms with Gasteiger partial charge in [-0.3, -0.25) is 0 Å². The fraction of sp³-hybridized carbons (Fsp3) is 0. The summed E-state index contributed by atoms with van der Waals surface area (Å²) >= 11 is 2.61. The van der Waals surface area contributed by atoms with E-state index in [0.29, 0.717) is 0 Å². The lowest BCUT2D eigenvalue weighted by atomic mass is 9.99. The molecule has 0 amide bonds. The van der Waals surface area contributed by atoms with Crippen molar-refractivity contribution in [3.8, 4) is 22.3 Å². The van der Waals surface area contributed by atoms with Crippen molar-refractivity contribution in [2.45, 2.75) is 0 Å². The predicted molar refractivity (Wildman–Crippen MR) is 257 cm³/mol. The molecular weight excluding hydrogens is 832 g/mol. The molecule has 0 atom stereocenters. The Bertz CT molecular complexity index is 2340. The van der Waals surface area contributed by atoms with Crippen molar-refractivity contribution in [2.75, 3.05) is 0 Å². The maximum absolute atomic E-state index is 2.68. The molecule has 0 unspecified atom stereocenters. The van der Waals surface area contributed by atoms with Crippen LogP contribution < -0.4 is 41.5 Å². The van der Waals surface area contributed by atoms with Crippen molar-refractivity contribution in [3.05, 3.63) is 252 Å². The number of benzene rings is 9. The van der Waals surface area contributed by atoms with Crippen LogP contribution in [0.3, 0.4) is 0 Å². The molecule has 0 saturated carbocycles. The molecule has 0 heterocycles. The van der Waals surface area contributed by atoms with Crippen LogP contribution in [-0.4, -0.2) is 16.1 Å². The molecule has 9 rings (SSSR count). The molecule has 9 aromatic rings. The number of rotatable bonds is 10. The first-order chi connectivity index (χ1) is 28.2. The van der Waals surface area contributed by atoms with Crippen LogP contribution in [0.2, 0.25) is 0 Å². The summed E-state index contributed by atoms with van der Waals surface area (Å²) in [4.78, 5) is 0. The van der Waals surface area contributed by atoms with Gasteiger partial charge >= 0.3 is 0 Å². The average Bonchev–Trinajstić information content (AvgIpc) is 3.29. The van der Waals surface area contributed by atoms with Crippen LogP contribution in [0, 0.1) is 3.57 Å². The Kier molecular flexibility index (Phi) is 10.5. The third-order valence-electron chi connectivity index (χ3n) is 11.5. The molecule has 0 saturated heterocycles. The first kappa shape index (κ1) is 36.8. The molecular formula is C54H41ISi2. The van der Waals surface area contributed by atoms with Gasteiger partial charge in [0.25, 0.3) is 0 Å². The SMILES string of the molecule is Ic1c(-c2cccc([Si](c3ccccc3)(c3ccccc3)c3ccccc3)c2)cccc1-c1cccc([Si](c2ccccc2)(c2ccccc2)c2ccccc2)c1. The molecule has 9 aromatic carbocycles. The fourth-order valence-corrected chi connectivity index (χ4v) is 19.5. The lowest BCUT2D eigenvalue weighted by Gasteiger charge is -2.35. The normalized spacial score (nSPS) is 11.6. The fourth-order valence-electron chi connectivity index (χ4n) is 8.95. The van der Waals surface area contributed by atoms with Crippen LogP contribution >= 0.6 is 22.6 Å². The van der Waals surface area contributed by atoms with Crippen LogP contribution in [0.1, 0.15) is 0 Å². The van der Waals surface area contributed by atoms with Crippen molar-refractivity contribution < 1.29 is 0 Å².